The number of hydrogen-bond donors (Lipinski definition) is 1. The minimum Gasteiger partial charge on any atom is -0.395 e. The molecule has 0 radical (unpaired) electrons. The molecule has 0 spiro atoms. The van der Waals surface area contributed by atoms with Crippen LogP contribution in [0.1, 0.15) is 25.0 Å². The quantitative estimate of drug-likeness (QED) is 0.868. The van der Waals surface area contributed by atoms with Crippen molar-refractivity contribution in [1.29, 1.82) is 0 Å². The molecule has 2 heterocycles. The number of aliphatic hydroxyl groups is 1. The average molecular weight is 284 g/mol. The monoisotopic (exact) mass is 284 g/mol. The highest BCUT2D eigenvalue weighted by Crippen LogP contribution is 2.20. The van der Waals surface area contributed by atoms with Crippen LogP contribution in [-0.2, 0) is 16.4 Å². The predicted molar refractivity (Wildman–Crippen MR) is 73.2 cm³/mol. The molecule has 1 aliphatic rings. The average Bonchev–Trinajstić information content (AvgIpc) is 2.46. The highest BCUT2D eigenvalue weighted by molar-refractivity contribution is 7.89. The van der Waals surface area contributed by atoms with Crippen LogP contribution in [0.4, 0.5) is 0 Å². The smallest absolute Gasteiger partial charge is 0.214 e. The fraction of sp³-hybridized carbons (Fsp3) is 0.615. The Hall–Kier alpha value is -0.980. The lowest BCUT2D eigenvalue weighted by Crippen LogP contribution is -2.46. The fourth-order valence-corrected chi connectivity index (χ4v) is 4.15. The molecule has 106 valence electrons. The van der Waals surface area contributed by atoms with E-state index in [4.69, 9.17) is 0 Å². The number of sulfonamides is 1. The van der Waals surface area contributed by atoms with Gasteiger partial charge in [-0.25, -0.2) is 8.42 Å². The van der Waals surface area contributed by atoms with E-state index in [1.54, 1.807) is 6.20 Å². The van der Waals surface area contributed by atoms with Gasteiger partial charge in [0.1, 0.15) is 0 Å². The zero-order valence-electron chi connectivity index (χ0n) is 10.9. The van der Waals surface area contributed by atoms with Gasteiger partial charge in [0.05, 0.1) is 12.4 Å². The van der Waals surface area contributed by atoms with E-state index in [2.05, 4.69) is 4.98 Å². The summed E-state index contributed by atoms with van der Waals surface area (Å²) in [6.07, 6.45) is 4.69. The van der Waals surface area contributed by atoms with Gasteiger partial charge in [0.25, 0.3) is 0 Å². The lowest BCUT2D eigenvalue weighted by molar-refractivity contribution is 0.155. The van der Waals surface area contributed by atoms with Crippen molar-refractivity contribution in [3.05, 3.63) is 30.1 Å². The van der Waals surface area contributed by atoms with E-state index < -0.39 is 10.0 Å². The molecule has 1 N–H and O–H groups in total. The summed E-state index contributed by atoms with van der Waals surface area (Å²) in [6.45, 7) is 0.429. The van der Waals surface area contributed by atoms with Crippen LogP contribution < -0.4 is 0 Å². The predicted octanol–water partition coefficient (Wildman–Crippen LogP) is 0.801. The van der Waals surface area contributed by atoms with Crippen LogP contribution >= 0.6 is 0 Å². The topological polar surface area (TPSA) is 70.5 Å². The number of rotatable bonds is 5. The first-order valence-electron chi connectivity index (χ1n) is 6.64. The van der Waals surface area contributed by atoms with E-state index in [0.717, 1.165) is 25.0 Å². The summed E-state index contributed by atoms with van der Waals surface area (Å²) >= 11 is 0. The highest BCUT2D eigenvalue weighted by Gasteiger charge is 2.31. The Labute approximate surface area is 114 Å². The molecule has 1 saturated heterocycles. The molecule has 5 nitrogen and oxygen atoms in total. The van der Waals surface area contributed by atoms with Crippen molar-refractivity contribution >= 4 is 10.0 Å². The van der Waals surface area contributed by atoms with Crippen LogP contribution in [0.25, 0.3) is 0 Å². The van der Waals surface area contributed by atoms with Crippen molar-refractivity contribution in [2.75, 3.05) is 18.9 Å². The van der Waals surface area contributed by atoms with Gasteiger partial charge in [0.15, 0.2) is 0 Å². The number of pyridine rings is 1. The Kier molecular flexibility index (Phi) is 4.90. The molecule has 1 atom stereocenters. The zero-order valence-corrected chi connectivity index (χ0v) is 11.7. The number of aromatic nitrogens is 1. The fourth-order valence-electron chi connectivity index (χ4n) is 2.42. The van der Waals surface area contributed by atoms with Gasteiger partial charge in [-0.15, -0.1) is 0 Å². The second kappa shape index (κ2) is 6.45. The second-order valence-electron chi connectivity index (χ2n) is 4.83. The lowest BCUT2D eigenvalue weighted by Gasteiger charge is -2.33. The van der Waals surface area contributed by atoms with E-state index in [1.807, 2.05) is 18.2 Å². The first-order valence-corrected chi connectivity index (χ1v) is 8.24. The zero-order chi connectivity index (χ0) is 13.7. The molecule has 0 saturated carbocycles. The molecule has 0 aromatic carbocycles. The largest absolute Gasteiger partial charge is 0.395 e. The van der Waals surface area contributed by atoms with Gasteiger partial charge in [0, 0.05) is 30.9 Å². The third-order valence-corrected chi connectivity index (χ3v) is 5.40. The maximum absolute atomic E-state index is 12.3. The molecule has 1 aromatic heterocycles. The maximum Gasteiger partial charge on any atom is 0.214 e. The third-order valence-electron chi connectivity index (χ3n) is 3.48. The molecule has 1 aliphatic heterocycles. The first-order chi connectivity index (χ1) is 9.13. The Balaban J connectivity index is 2.01. The number of nitrogens with zero attached hydrogens (tertiary/aromatic N) is 2. The third kappa shape index (κ3) is 3.75. The van der Waals surface area contributed by atoms with Crippen molar-refractivity contribution in [2.24, 2.45) is 0 Å². The van der Waals surface area contributed by atoms with Gasteiger partial charge in [0.2, 0.25) is 10.0 Å². The summed E-state index contributed by atoms with van der Waals surface area (Å²) in [6, 6.07) is 5.24. The Morgan fingerprint density at radius 1 is 1.37 bits per heavy atom. The Bertz CT molecular complexity index is 490. The number of hydrogen-bond acceptors (Lipinski definition) is 4. The van der Waals surface area contributed by atoms with E-state index in [-0.39, 0.29) is 18.4 Å². The molecule has 0 aliphatic carbocycles. The first kappa shape index (κ1) is 14.4. The van der Waals surface area contributed by atoms with Crippen LogP contribution in [0.15, 0.2) is 24.4 Å². The standard InChI is InChI=1S/C13H20N2O3S/c16-11-13-6-2-4-9-15(13)19(17,18)10-7-12-5-1-3-8-14-12/h1,3,5,8,13,16H,2,4,6-7,9-11H2. The molecule has 1 fully saturated rings. The summed E-state index contributed by atoms with van der Waals surface area (Å²) < 4.78 is 26.1. The molecule has 1 aromatic rings. The SMILES string of the molecule is O=S(=O)(CCc1ccccn1)N1CCCCC1CO. The van der Waals surface area contributed by atoms with Gasteiger partial charge >= 0.3 is 0 Å². The van der Waals surface area contributed by atoms with E-state index in [1.165, 1.54) is 4.31 Å². The van der Waals surface area contributed by atoms with Crippen molar-refractivity contribution < 1.29 is 13.5 Å². The van der Waals surface area contributed by atoms with Gasteiger partial charge in [-0.1, -0.05) is 12.5 Å². The summed E-state index contributed by atoms with van der Waals surface area (Å²) in [5.41, 5.74) is 0.781. The van der Waals surface area contributed by atoms with Crippen LogP contribution in [0.2, 0.25) is 0 Å². The molecule has 0 bridgehead atoms. The molecule has 6 heteroatoms. The van der Waals surface area contributed by atoms with Crippen LogP contribution in [0.5, 0.6) is 0 Å². The van der Waals surface area contributed by atoms with Crippen molar-refractivity contribution in [1.82, 2.24) is 9.29 Å². The minimum absolute atomic E-state index is 0.0561. The molecule has 1 unspecified atom stereocenters. The maximum atomic E-state index is 12.3. The summed E-state index contributed by atoms with van der Waals surface area (Å²) in [5.74, 6) is 0.0561. The molecule has 19 heavy (non-hydrogen) atoms. The minimum atomic E-state index is -3.31. The van der Waals surface area contributed by atoms with Crippen molar-refractivity contribution in [2.45, 2.75) is 31.7 Å². The molecule has 2 rings (SSSR count). The summed E-state index contributed by atoms with van der Waals surface area (Å²) in [4.78, 5) is 4.13. The lowest BCUT2D eigenvalue weighted by atomic mass is 10.1. The molecular weight excluding hydrogens is 264 g/mol. The number of aryl methyl sites for hydroxylation is 1. The summed E-state index contributed by atoms with van der Waals surface area (Å²) in [5, 5.41) is 9.29. The van der Waals surface area contributed by atoms with Crippen LogP contribution in [0, 0.1) is 0 Å². The van der Waals surface area contributed by atoms with Crippen molar-refractivity contribution in [3.8, 4) is 0 Å². The van der Waals surface area contributed by atoms with Crippen molar-refractivity contribution in [3.63, 3.8) is 0 Å². The normalized spacial score (nSPS) is 21.4. The van der Waals surface area contributed by atoms with E-state index in [9.17, 15) is 13.5 Å². The Morgan fingerprint density at radius 3 is 2.89 bits per heavy atom. The highest BCUT2D eigenvalue weighted by atomic mass is 32.2. The van der Waals surface area contributed by atoms with Gasteiger partial charge < -0.3 is 5.11 Å². The van der Waals surface area contributed by atoms with Gasteiger partial charge in [-0.2, -0.15) is 4.31 Å². The van der Waals surface area contributed by atoms with Gasteiger partial charge in [-0.3, -0.25) is 4.98 Å². The second-order valence-corrected chi connectivity index (χ2v) is 6.87. The van der Waals surface area contributed by atoms with Crippen LogP contribution in [0.3, 0.4) is 0 Å². The van der Waals surface area contributed by atoms with Gasteiger partial charge in [-0.05, 0) is 25.0 Å². The Morgan fingerprint density at radius 2 is 2.21 bits per heavy atom. The molecule has 0 amide bonds. The van der Waals surface area contributed by atoms with Crippen LogP contribution in [-0.4, -0.2) is 47.8 Å². The number of aliphatic hydroxyl groups excluding tert-OH is 1. The number of piperidine rings is 1. The molecular formula is C13H20N2O3S. The van der Waals surface area contributed by atoms with E-state index in [0.29, 0.717) is 13.0 Å². The summed E-state index contributed by atoms with van der Waals surface area (Å²) in [7, 11) is -3.31. The van der Waals surface area contributed by atoms with E-state index >= 15 is 0 Å².